The predicted octanol–water partition coefficient (Wildman–Crippen LogP) is -2.80. The molecule has 20 heteroatoms. The van der Waals surface area contributed by atoms with Crippen LogP contribution >= 0.6 is 0 Å². The minimum atomic E-state index is -1.38. The topological polar surface area (TPSA) is 282 Å². The van der Waals surface area contributed by atoms with Crippen LogP contribution in [0.5, 0.6) is 0 Å². The molecule has 0 aliphatic carbocycles. The molecule has 6 N–H and O–H groups in total. The molecule has 0 aromatic carbocycles. The molecule has 0 spiro atoms. The lowest BCUT2D eigenvalue weighted by Gasteiger charge is -2.28. The molecule has 0 aliphatic rings. The molecule has 48 heavy (non-hydrogen) atoms. The fourth-order valence-corrected chi connectivity index (χ4v) is 3.30. The first kappa shape index (κ1) is 44.9. The molecule has 0 saturated carbocycles. The van der Waals surface area contributed by atoms with E-state index in [1.54, 1.807) is 6.92 Å². The summed E-state index contributed by atoms with van der Waals surface area (Å²) in [7, 11) is 2.42. The fourth-order valence-electron chi connectivity index (χ4n) is 3.30. The molecular formula is C28H49NO19. The Bertz CT molecular complexity index is 917. The van der Waals surface area contributed by atoms with Crippen LogP contribution in [0, 0.1) is 0 Å². The largest absolute Gasteiger partial charge is 0.481 e. The highest BCUT2D eigenvalue weighted by Gasteiger charge is 2.25. The average molecular weight is 704 g/mol. The van der Waals surface area contributed by atoms with Gasteiger partial charge in [-0.1, -0.05) is 6.92 Å². The van der Waals surface area contributed by atoms with Crippen LogP contribution in [-0.4, -0.2) is 166 Å². The standard InChI is InChI=1S/C28H49NO19/c1-4-18(14-42-24(38)8-6-22(35)36)46-27(12-32)45-17-20(16-43-23(37)7-5-21(34)29-9-25(39)40-2)48-28(13-33)44-15-19(10-30)47-26(11-31)41-3/h18-20,26-28,30-33H,4-17H2,1-3H3,(H,29,34)(H,35,36). The number of hydrogen-bond donors (Lipinski definition) is 6. The summed E-state index contributed by atoms with van der Waals surface area (Å²) >= 11 is 0. The van der Waals surface area contributed by atoms with Crippen LogP contribution in [0.3, 0.4) is 0 Å². The summed E-state index contributed by atoms with van der Waals surface area (Å²) in [6.45, 7) is -2.61. The molecule has 0 aromatic rings. The van der Waals surface area contributed by atoms with E-state index in [0.29, 0.717) is 6.42 Å². The van der Waals surface area contributed by atoms with Crippen molar-refractivity contribution >= 4 is 29.8 Å². The predicted molar refractivity (Wildman–Crippen MR) is 157 cm³/mol. The number of hydrogen-bond acceptors (Lipinski definition) is 18. The second-order valence-electron chi connectivity index (χ2n) is 9.72. The number of methoxy groups -OCH3 is 2. The molecule has 1 amide bonds. The number of aliphatic hydroxyl groups is 4. The second kappa shape index (κ2) is 27.9. The van der Waals surface area contributed by atoms with Crippen LogP contribution in [0.2, 0.25) is 0 Å². The summed E-state index contributed by atoms with van der Waals surface area (Å²) in [6.07, 6.45) is -7.75. The molecule has 6 atom stereocenters. The van der Waals surface area contributed by atoms with Crippen molar-refractivity contribution in [3.05, 3.63) is 0 Å². The lowest BCUT2D eigenvalue weighted by molar-refractivity contribution is -0.253. The molecule has 0 radical (unpaired) electrons. The van der Waals surface area contributed by atoms with Crippen molar-refractivity contribution in [2.45, 2.75) is 76.2 Å². The molecule has 0 heterocycles. The van der Waals surface area contributed by atoms with Gasteiger partial charge in [0.15, 0.2) is 18.9 Å². The fraction of sp³-hybridized carbons (Fsp3) is 0.821. The maximum absolute atomic E-state index is 12.3. The Labute approximate surface area is 277 Å². The first-order valence-corrected chi connectivity index (χ1v) is 15.0. The third kappa shape index (κ3) is 22.5. The Kier molecular flexibility index (Phi) is 26.1. The molecule has 20 nitrogen and oxygen atoms in total. The van der Waals surface area contributed by atoms with E-state index in [-0.39, 0.29) is 39.0 Å². The van der Waals surface area contributed by atoms with E-state index in [1.807, 2.05) is 0 Å². The smallest absolute Gasteiger partial charge is 0.325 e. The highest BCUT2D eigenvalue weighted by Crippen LogP contribution is 2.11. The molecule has 6 unspecified atom stereocenters. The summed E-state index contributed by atoms with van der Waals surface area (Å²) in [4.78, 5) is 57.7. The van der Waals surface area contributed by atoms with Crippen molar-refractivity contribution in [1.29, 1.82) is 0 Å². The summed E-state index contributed by atoms with van der Waals surface area (Å²) < 4.78 is 47.2. The van der Waals surface area contributed by atoms with Crippen molar-refractivity contribution in [1.82, 2.24) is 5.32 Å². The van der Waals surface area contributed by atoms with Gasteiger partial charge in [-0.25, -0.2) is 0 Å². The van der Waals surface area contributed by atoms with Gasteiger partial charge in [0.25, 0.3) is 0 Å². The van der Waals surface area contributed by atoms with Crippen LogP contribution in [0.25, 0.3) is 0 Å². The number of carbonyl (C=O) groups is 5. The van der Waals surface area contributed by atoms with Gasteiger partial charge in [-0.05, 0) is 6.42 Å². The van der Waals surface area contributed by atoms with E-state index in [4.69, 9.17) is 43.0 Å². The average Bonchev–Trinajstić information content (AvgIpc) is 3.09. The van der Waals surface area contributed by atoms with Crippen molar-refractivity contribution in [2.75, 3.05) is 73.6 Å². The molecule has 0 rings (SSSR count). The van der Waals surface area contributed by atoms with E-state index in [0.717, 1.165) is 7.11 Å². The Morgan fingerprint density at radius 1 is 0.604 bits per heavy atom. The summed E-state index contributed by atoms with van der Waals surface area (Å²) in [5.41, 5.74) is 0. The van der Waals surface area contributed by atoms with Gasteiger partial charge in [0.2, 0.25) is 5.91 Å². The zero-order valence-corrected chi connectivity index (χ0v) is 27.3. The van der Waals surface area contributed by atoms with E-state index >= 15 is 0 Å². The molecule has 0 saturated heterocycles. The van der Waals surface area contributed by atoms with E-state index in [2.05, 4.69) is 10.1 Å². The van der Waals surface area contributed by atoms with Gasteiger partial charge in [-0.3, -0.25) is 24.0 Å². The third-order valence-electron chi connectivity index (χ3n) is 5.95. The number of ether oxygens (including phenoxy) is 9. The lowest BCUT2D eigenvalue weighted by atomic mass is 10.3. The van der Waals surface area contributed by atoms with Crippen LogP contribution in [0.15, 0.2) is 0 Å². The van der Waals surface area contributed by atoms with Gasteiger partial charge in [0.05, 0.1) is 72.1 Å². The van der Waals surface area contributed by atoms with Crippen LogP contribution in [0.1, 0.15) is 39.0 Å². The minimum absolute atomic E-state index is 0.256. The number of esters is 3. The van der Waals surface area contributed by atoms with Gasteiger partial charge >= 0.3 is 23.9 Å². The quantitative estimate of drug-likeness (QED) is 0.0250. The maximum atomic E-state index is 12.3. The van der Waals surface area contributed by atoms with E-state index < -0.39 is 113 Å². The SMILES string of the molecule is CCC(COC(=O)CCC(=O)O)OC(CO)OCC(COC(=O)CCC(=O)NCC(=O)OC)OC(CO)OCC(CO)OC(CO)OC. The Morgan fingerprint density at radius 3 is 1.58 bits per heavy atom. The number of aliphatic hydroxyl groups excluding tert-OH is 4. The number of carbonyl (C=O) groups excluding carboxylic acids is 4. The van der Waals surface area contributed by atoms with Gasteiger partial charge < -0.3 is 73.5 Å². The normalized spacial score (nSPS) is 15.0. The monoisotopic (exact) mass is 703 g/mol. The number of carboxylic acids is 1. The highest BCUT2D eigenvalue weighted by atomic mass is 16.7. The van der Waals surface area contributed by atoms with Crippen LogP contribution in [0.4, 0.5) is 0 Å². The van der Waals surface area contributed by atoms with Gasteiger partial charge in [-0.2, -0.15) is 0 Å². The van der Waals surface area contributed by atoms with E-state index in [1.165, 1.54) is 7.11 Å². The number of nitrogens with one attached hydrogen (secondary N) is 1. The molecular weight excluding hydrogens is 654 g/mol. The second-order valence-corrected chi connectivity index (χ2v) is 9.72. The summed E-state index contributed by atoms with van der Waals surface area (Å²) in [6, 6.07) is 0. The molecule has 0 aromatic heterocycles. The van der Waals surface area contributed by atoms with Crippen molar-refractivity contribution in [3.8, 4) is 0 Å². The van der Waals surface area contributed by atoms with Gasteiger partial charge in [0, 0.05) is 13.5 Å². The van der Waals surface area contributed by atoms with Crippen molar-refractivity contribution in [2.24, 2.45) is 0 Å². The molecule has 0 aliphatic heterocycles. The van der Waals surface area contributed by atoms with Crippen molar-refractivity contribution in [3.63, 3.8) is 0 Å². The first-order chi connectivity index (χ1) is 22.9. The highest BCUT2D eigenvalue weighted by molar-refractivity contribution is 5.84. The minimum Gasteiger partial charge on any atom is -0.481 e. The van der Waals surface area contributed by atoms with Crippen LogP contribution < -0.4 is 5.32 Å². The van der Waals surface area contributed by atoms with Gasteiger partial charge in [-0.15, -0.1) is 0 Å². The number of rotatable bonds is 30. The zero-order valence-electron chi connectivity index (χ0n) is 27.3. The Morgan fingerprint density at radius 2 is 1.10 bits per heavy atom. The summed E-state index contributed by atoms with van der Waals surface area (Å²) in [5, 5.41) is 49.4. The van der Waals surface area contributed by atoms with Gasteiger partial charge in [0.1, 0.15) is 32.0 Å². The van der Waals surface area contributed by atoms with E-state index in [9.17, 15) is 44.4 Å². The number of amides is 1. The first-order valence-electron chi connectivity index (χ1n) is 15.0. The molecule has 0 bridgehead atoms. The zero-order chi connectivity index (χ0) is 36.3. The number of aliphatic carboxylic acids is 1. The van der Waals surface area contributed by atoms with Crippen molar-refractivity contribution < 1.29 is 92.1 Å². The Hall–Kier alpha value is -3.05. The van der Waals surface area contributed by atoms with Crippen LogP contribution in [-0.2, 0) is 66.6 Å². The molecule has 280 valence electrons. The third-order valence-corrected chi connectivity index (χ3v) is 5.95. The summed E-state index contributed by atoms with van der Waals surface area (Å²) in [5.74, 6) is -4.03. The number of carboxylic acid groups (broad SMARTS) is 1. The Balaban J connectivity index is 5.34. The maximum Gasteiger partial charge on any atom is 0.325 e. The lowest BCUT2D eigenvalue weighted by Crippen LogP contribution is -2.40. The molecule has 0 fully saturated rings.